The Morgan fingerprint density at radius 2 is 1.89 bits per heavy atom. The Kier molecular flexibility index (Phi) is 7.36. The second-order valence-corrected chi connectivity index (χ2v) is 9.66. The highest BCUT2D eigenvalue weighted by atomic mass is 32.1. The van der Waals surface area contributed by atoms with Crippen LogP contribution in [0.2, 0.25) is 0 Å². The Bertz CT molecular complexity index is 1260. The molecule has 6 nitrogen and oxygen atoms in total. The van der Waals surface area contributed by atoms with Crippen LogP contribution >= 0.6 is 12.2 Å². The maximum Gasteiger partial charge on any atom is 0.337 e. The van der Waals surface area contributed by atoms with Crippen LogP contribution < -0.4 is 10.6 Å². The molecule has 0 spiro atoms. The van der Waals surface area contributed by atoms with Gasteiger partial charge in [-0.3, -0.25) is 0 Å². The number of aryl methyl sites for hydroxylation is 1. The molecule has 0 bridgehead atoms. The number of rotatable bonds is 6. The van der Waals surface area contributed by atoms with E-state index in [9.17, 15) is 4.79 Å². The lowest BCUT2D eigenvalue weighted by Gasteiger charge is -2.17. The first kappa shape index (κ1) is 24.7. The number of nitrogens with zero attached hydrogens (tertiary/aromatic N) is 2. The molecule has 2 N–H and O–H groups in total. The van der Waals surface area contributed by atoms with Crippen molar-refractivity contribution in [1.29, 1.82) is 0 Å². The standard InChI is InChI=1S/C28H32N4O2S/c1-17(2)20-10-13-25(14-11-20)32-19(4)26(18(3)31-32)21-9-12-24(15-21)30-28(35)29-23-8-6-7-22(16-23)27(33)34-5/h6-14,16-17,21,24H,15H2,1-5H3,(H2,29,30,35)/t21-,24-/m1/s1. The predicted octanol–water partition coefficient (Wildman–Crippen LogP) is 5.80. The van der Waals surface area contributed by atoms with Crippen molar-refractivity contribution in [2.24, 2.45) is 0 Å². The molecule has 0 aliphatic heterocycles. The highest BCUT2D eigenvalue weighted by Gasteiger charge is 2.26. The van der Waals surface area contributed by atoms with Gasteiger partial charge in [0.2, 0.25) is 0 Å². The number of nitrogens with one attached hydrogen (secondary N) is 2. The van der Waals surface area contributed by atoms with E-state index in [-0.39, 0.29) is 17.9 Å². The van der Waals surface area contributed by atoms with Crippen LogP contribution in [-0.2, 0) is 4.74 Å². The number of allylic oxidation sites excluding steroid dienone is 1. The lowest BCUT2D eigenvalue weighted by atomic mass is 9.96. The number of benzene rings is 2. The number of esters is 1. The van der Waals surface area contributed by atoms with E-state index in [4.69, 9.17) is 22.1 Å². The van der Waals surface area contributed by atoms with Crippen molar-refractivity contribution in [2.45, 2.75) is 52.0 Å². The minimum absolute atomic E-state index is 0.108. The van der Waals surface area contributed by atoms with Crippen molar-refractivity contribution in [1.82, 2.24) is 15.1 Å². The van der Waals surface area contributed by atoms with Crippen LogP contribution in [0, 0.1) is 13.8 Å². The first-order valence-electron chi connectivity index (χ1n) is 11.9. The van der Waals surface area contributed by atoms with E-state index in [1.807, 2.05) is 10.7 Å². The van der Waals surface area contributed by atoms with Gasteiger partial charge in [0, 0.05) is 28.9 Å². The Labute approximate surface area is 212 Å². The molecule has 1 aliphatic carbocycles. The van der Waals surface area contributed by atoms with Crippen LogP contribution in [0.25, 0.3) is 5.69 Å². The molecule has 7 heteroatoms. The summed E-state index contributed by atoms with van der Waals surface area (Å²) in [4.78, 5) is 11.8. The van der Waals surface area contributed by atoms with Crippen LogP contribution in [-0.4, -0.2) is 34.0 Å². The molecule has 35 heavy (non-hydrogen) atoms. The van der Waals surface area contributed by atoms with Gasteiger partial charge in [0.15, 0.2) is 5.11 Å². The summed E-state index contributed by atoms with van der Waals surface area (Å²) in [5.74, 6) is 0.392. The summed E-state index contributed by atoms with van der Waals surface area (Å²) in [6.45, 7) is 8.62. The van der Waals surface area contributed by atoms with Crippen LogP contribution in [0.15, 0.2) is 60.7 Å². The number of hydrogen-bond acceptors (Lipinski definition) is 4. The molecule has 0 saturated heterocycles. The summed E-state index contributed by atoms with van der Waals surface area (Å²) in [6.07, 6.45) is 5.29. The maximum absolute atomic E-state index is 11.8. The summed E-state index contributed by atoms with van der Waals surface area (Å²) in [6, 6.07) is 15.9. The highest BCUT2D eigenvalue weighted by molar-refractivity contribution is 7.80. The molecule has 0 fully saturated rings. The molecule has 0 amide bonds. The van der Waals surface area contributed by atoms with Gasteiger partial charge < -0.3 is 15.4 Å². The summed E-state index contributed by atoms with van der Waals surface area (Å²) in [5, 5.41) is 11.9. The second-order valence-electron chi connectivity index (χ2n) is 9.25. The van der Waals surface area contributed by atoms with Crippen molar-refractivity contribution < 1.29 is 9.53 Å². The smallest absolute Gasteiger partial charge is 0.337 e. The molecule has 1 aromatic heterocycles. The second kappa shape index (κ2) is 10.4. The average molecular weight is 489 g/mol. The number of carbonyl (C=O) groups excluding carboxylic acids is 1. The lowest BCUT2D eigenvalue weighted by molar-refractivity contribution is 0.0601. The summed E-state index contributed by atoms with van der Waals surface area (Å²) in [7, 11) is 1.37. The van der Waals surface area contributed by atoms with Gasteiger partial charge in [0.1, 0.15) is 0 Å². The normalized spacial score (nSPS) is 17.0. The topological polar surface area (TPSA) is 68.2 Å². The van der Waals surface area contributed by atoms with E-state index >= 15 is 0 Å². The maximum atomic E-state index is 11.8. The molecular formula is C28H32N4O2S. The monoisotopic (exact) mass is 488 g/mol. The quantitative estimate of drug-likeness (QED) is 0.260. The molecule has 0 radical (unpaired) electrons. The van der Waals surface area contributed by atoms with Gasteiger partial charge in [0.05, 0.1) is 24.1 Å². The van der Waals surface area contributed by atoms with E-state index in [2.05, 4.69) is 74.7 Å². The fraction of sp³-hybridized carbons (Fsp3) is 0.321. The predicted molar refractivity (Wildman–Crippen MR) is 145 cm³/mol. The minimum Gasteiger partial charge on any atom is -0.465 e. The van der Waals surface area contributed by atoms with Crippen molar-refractivity contribution in [3.05, 3.63) is 88.8 Å². The van der Waals surface area contributed by atoms with E-state index in [1.54, 1.807) is 18.2 Å². The molecule has 2 aromatic carbocycles. The molecule has 4 rings (SSSR count). The van der Waals surface area contributed by atoms with E-state index in [1.165, 1.54) is 18.2 Å². The van der Waals surface area contributed by atoms with Gasteiger partial charge in [-0.1, -0.05) is 44.2 Å². The van der Waals surface area contributed by atoms with Gasteiger partial charge in [-0.05, 0) is 74.3 Å². The highest BCUT2D eigenvalue weighted by Crippen LogP contribution is 2.34. The van der Waals surface area contributed by atoms with Crippen molar-refractivity contribution in [2.75, 3.05) is 12.4 Å². The zero-order valence-electron chi connectivity index (χ0n) is 20.8. The summed E-state index contributed by atoms with van der Waals surface area (Å²) < 4.78 is 6.84. The summed E-state index contributed by atoms with van der Waals surface area (Å²) >= 11 is 5.52. The molecule has 3 aromatic rings. The largest absolute Gasteiger partial charge is 0.465 e. The lowest BCUT2D eigenvalue weighted by Crippen LogP contribution is -2.35. The molecule has 0 unspecified atom stereocenters. The van der Waals surface area contributed by atoms with E-state index in [0.717, 1.165) is 29.2 Å². The Balaban J connectivity index is 1.41. The third kappa shape index (κ3) is 5.46. The first-order chi connectivity index (χ1) is 16.8. The fourth-order valence-electron chi connectivity index (χ4n) is 4.64. The molecule has 182 valence electrons. The number of carbonyl (C=O) groups is 1. The zero-order valence-corrected chi connectivity index (χ0v) is 21.6. The molecule has 0 saturated carbocycles. The molecule has 2 atom stereocenters. The van der Waals surface area contributed by atoms with Gasteiger partial charge >= 0.3 is 5.97 Å². The third-order valence-electron chi connectivity index (χ3n) is 6.46. The number of methoxy groups -OCH3 is 1. The zero-order chi connectivity index (χ0) is 25.1. The van der Waals surface area contributed by atoms with Crippen LogP contribution in [0.1, 0.15) is 65.0 Å². The van der Waals surface area contributed by atoms with Gasteiger partial charge in [-0.2, -0.15) is 5.10 Å². The van der Waals surface area contributed by atoms with E-state index < -0.39 is 0 Å². The number of thiocarbonyl (C=S) groups is 1. The van der Waals surface area contributed by atoms with Crippen molar-refractivity contribution >= 4 is 29.0 Å². The third-order valence-corrected chi connectivity index (χ3v) is 6.68. The van der Waals surface area contributed by atoms with Gasteiger partial charge in [0.25, 0.3) is 0 Å². The summed E-state index contributed by atoms with van der Waals surface area (Å²) in [5.41, 5.74) is 7.09. The Morgan fingerprint density at radius 1 is 1.14 bits per heavy atom. The van der Waals surface area contributed by atoms with E-state index in [0.29, 0.717) is 16.6 Å². The fourth-order valence-corrected chi connectivity index (χ4v) is 4.91. The molecule has 1 aliphatic rings. The molecular weight excluding hydrogens is 456 g/mol. The number of hydrogen-bond donors (Lipinski definition) is 2. The van der Waals surface area contributed by atoms with Gasteiger partial charge in [-0.25, -0.2) is 9.48 Å². The van der Waals surface area contributed by atoms with Gasteiger partial charge in [-0.15, -0.1) is 0 Å². The Morgan fingerprint density at radius 3 is 2.57 bits per heavy atom. The van der Waals surface area contributed by atoms with Crippen LogP contribution in [0.3, 0.4) is 0 Å². The SMILES string of the molecule is COC(=O)c1cccc(NC(=S)N[C@@H]2C=C[C@@H](c3c(C)nn(-c4ccc(C(C)C)cc4)c3C)C2)c1. The molecule has 1 heterocycles. The number of aromatic nitrogens is 2. The van der Waals surface area contributed by atoms with Crippen molar-refractivity contribution in [3.63, 3.8) is 0 Å². The Hall–Kier alpha value is -3.45. The number of anilines is 1. The van der Waals surface area contributed by atoms with Crippen LogP contribution in [0.5, 0.6) is 0 Å². The minimum atomic E-state index is -0.378. The first-order valence-corrected chi connectivity index (χ1v) is 12.3. The average Bonchev–Trinajstić information content (AvgIpc) is 3.41. The van der Waals surface area contributed by atoms with Crippen molar-refractivity contribution in [3.8, 4) is 5.69 Å². The van der Waals surface area contributed by atoms with Crippen LogP contribution in [0.4, 0.5) is 5.69 Å². The number of ether oxygens (including phenoxy) is 1.